The summed E-state index contributed by atoms with van der Waals surface area (Å²) in [6.07, 6.45) is 1.59. The molecule has 2 heterocycles. The summed E-state index contributed by atoms with van der Waals surface area (Å²) in [5, 5.41) is 0. The normalized spacial score (nSPS) is 11.7. The molecule has 0 saturated heterocycles. The topological polar surface area (TPSA) is 83.0 Å². The summed E-state index contributed by atoms with van der Waals surface area (Å²) in [6, 6.07) is 8.76. The minimum Gasteiger partial charge on any atom is -0.497 e. The van der Waals surface area contributed by atoms with Crippen molar-refractivity contribution in [3.05, 3.63) is 47.2 Å². The molecular formula is C17H16N2O5S. The number of furan rings is 1. The first-order valence-electron chi connectivity index (χ1n) is 7.49. The monoisotopic (exact) mass is 360 g/mol. The van der Waals surface area contributed by atoms with E-state index in [1.807, 2.05) is 18.2 Å². The van der Waals surface area contributed by atoms with Crippen molar-refractivity contribution >= 4 is 33.4 Å². The van der Waals surface area contributed by atoms with E-state index in [4.69, 9.17) is 13.9 Å². The van der Waals surface area contributed by atoms with Gasteiger partial charge in [-0.3, -0.25) is 9.59 Å². The molecule has 3 rings (SSSR count). The first-order chi connectivity index (χ1) is 12.1. The molecule has 1 amide bonds. The van der Waals surface area contributed by atoms with E-state index in [0.29, 0.717) is 17.1 Å². The minimum absolute atomic E-state index is 0.162. The first-order valence-corrected chi connectivity index (χ1v) is 8.31. The van der Waals surface area contributed by atoms with Crippen LogP contribution in [0.2, 0.25) is 0 Å². The highest BCUT2D eigenvalue weighted by Gasteiger charge is 2.13. The number of nitrogens with zero attached hydrogens (tertiary/aromatic N) is 2. The van der Waals surface area contributed by atoms with Gasteiger partial charge in [-0.1, -0.05) is 11.3 Å². The lowest BCUT2D eigenvalue weighted by molar-refractivity contribution is -0.140. The van der Waals surface area contributed by atoms with Gasteiger partial charge in [0.05, 0.1) is 37.1 Å². The fourth-order valence-electron chi connectivity index (χ4n) is 2.32. The summed E-state index contributed by atoms with van der Waals surface area (Å²) in [5.41, 5.74) is 0.833. The Hall–Kier alpha value is -2.87. The molecular weight excluding hydrogens is 344 g/mol. The van der Waals surface area contributed by atoms with Gasteiger partial charge in [-0.05, 0) is 24.3 Å². The molecule has 0 saturated carbocycles. The molecule has 0 spiro atoms. The molecule has 1 aromatic carbocycles. The number of amides is 1. The lowest BCUT2D eigenvalue weighted by Crippen LogP contribution is -2.19. The molecule has 0 bridgehead atoms. The molecule has 8 heteroatoms. The number of hydrogen-bond donors (Lipinski definition) is 0. The average Bonchev–Trinajstić information content (AvgIpc) is 3.27. The van der Waals surface area contributed by atoms with Crippen LogP contribution in [0.3, 0.4) is 0 Å². The minimum atomic E-state index is -0.477. The van der Waals surface area contributed by atoms with Crippen molar-refractivity contribution in [2.45, 2.75) is 13.0 Å². The Balaban J connectivity index is 2.09. The molecule has 0 aliphatic rings. The maximum absolute atomic E-state index is 12.2. The third-order valence-corrected chi connectivity index (χ3v) is 4.64. The fourth-order valence-corrected chi connectivity index (χ4v) is 3.36. The number of carbonyl (C=O) groups excluding carboxylic acids is 2. The second-order valence-electron chi connectivity index (χ2n) is 5.09. The number of aromatic nitrogens is 1. The molecule has 0 radical (unpaired) electrons. The highest BCUT2D eigenvalue weighted by Crippen LogP contribution is 2.23. The molecule has 2 aromatic heterocycles. The summed E-state index contributed by atoms with van der Waals surface area (Å²) in [4.78, 5) is 28.4. The second-order valence-corrected chi connectivity index (χ2v) is 6.10. The predicted molar refractivity (Wildman–Crippen MR) is 91.6 cm³/mol. The van der Waals surface area contributed by atoms with Crippen LogP contribution in [0.25, 0.3) is 10.2 Å². The van der Waals surface area contributed by atoms with E-state index < -0.39 is 5.91 Å². The SMILES string of the molecule is COC(=O)CCn1c(=NC(=O)c2ccco2)sc2ccc(OC)cc21. The van der Waals surface area contributed by atoms with E-state index in [-0.39, 0.29) is 18.2 Å². The van der Waals surface area contributed by atoms with E-state index in [2.05, 4.69) is 4.99 Å². The zero-order valence-electron chi connectivity index (χ0n) is 13.7. The number of esters is 1. The van der Waals surface area contributed by atoms with Crippen LogP contribution in [0, 0.1) is 0 Å². The largest absolute Gasteiger partial charge is 0.497 e. The number of ether oxygens (including phenoxy) is 2. The van der Waals surface area contributed by atoms with Gasteiger partial charge < -0.3 is 18.5 Å². The van der Waals surface area contributed by atoms with Crippen molar-refractivity contribution in [1.82, 2.24) is 4.57 Å². The lowest BCUT2D eigenvalue weighted by atomic mass is 10.3. The van der Waals surface area contributed by atoms with Crippen molar-refractivity contribution in [1.29, 1.82) is 0 Å². The van der Waals surface area contributed by atoms with Crippen LogP contribution in [0.5, 0.6) is 5.75 Å². The number of benzene rings is 1. The molecule has 0 atom stereocenters. The highest BCUT2D eigenvalue weighted by molar-refractivity contribution is 7.16. The zero-order valence-corrected chi connectivity index (χ0v) is 14.5. The molecule has 130 valence electrons. The Kier molecular flexibility index (Phi) is 4.99. The third-order valence-electron chi connectivity index (χ3n) is 3.59. The van der Waals surface area contributed by atoms with Gasteiger partial charge >= 0.3 is 11.9 Å². The van der Waals surface area contributed by atoms with Crippen LogP contribution in [0.15, 0.2) is 46.0 Å². The van der Waals surface area contributed by atoms with Crippen LogP contribution in [0.4, 0.5) is 0 Å². The number of rotatable bonds is 5. The zero-order chi connectivity index (χ0) is 17.8. The van der Waals surface area contributed by atoms with E-state index in [0.717, 1.165) is 10.2 Å². The Morgan fingerprint density at radius 1 is 1.28 bits per heavy atom. The quantitative estimate of drug-likeness (QED) is 0.653. The summed E-state index contributed by atoms with van der Waals surface area (Å²) in [5.74, 6) is 0.0315. The molecule has 0 unspecified atom stereocenters. The van der Waals surface area contributed by atoms with Gasteiger partial charge in [0.1, 0.15) is 5.75 Å². The maximum atomic E-state index is 12.2. The van der Waals surface area contributed by atoms with Crippen LogP contribution in [-0.2, 0) is 16.1 Å². The van der Waals surface area contributed by atoms with Crippen molar-refractivity contribution < 1.29 is 23.5 Å². The van der Waals surface area contributed by atoms with Gasteiger partial charge in [-0.25, -0.2) is 0 Å². The molecule has 0 aliphatic carbocycles. The molecule has 0 fully saturated rings. The highest BCUT2D eigenvalue weighted by atomic mass is 32.1. The number of fused-ring (bicyclic) bond motifs is 1. The van der Waals surface area contributed by atoms with Gasteiger partial charge in [-0.2, -0.15) is 4.99 Å². The Morgan fingerprint density at radius 2 is 2.12 bits per heavy atom. The van der Waals surface area contributed by atoms with Crippen molar-refractivity contribution in [3.8, 4) is 5.75 Å². The predicted octanol–water partition coefficient (Wildman–Crippen LogP) is 2.61. The third kappa shape index (κ3) is 3.63. The summed E-state index contributed by atoms with van der Waals surface area (Å²) in [7, 11) is 2.92. The Labute approximate surface area is 147 Å². The number of aryl methyl sites for hydroxylation is 1. The average molecular weight is 360 g/mol. The van der Waals surface area contributed by atoms with Gasteiger partial charge in [-0.15, -0.1) is 0 Å². The van der Waals surface area contributed by atoms with Gasteiger partial charge in [0.25, 0.3) is 0 Å². The molecule has 0 aliphatic heterocycles. The van der Waals surface area contributed by atoms with Crippen LogP contribution < -0.4 is 9.54 Å². The van der Waals surface area contributed by atoms with E-state index >= 15 is 0 Å². The number of hydrogen-bond acceptors (Lipinski definition) is 6. The molecule has 25 heavy (non-hydrogen) atoms. The Morgan fingerprint density at radius 3 is 2.80 bits per heavy atom. The Bertz CT molecular complexity index is 969. The van der Waals surface area contributed by atoms with E-state index in [1.54, 1.807) is 23.8 Å². The van der Waals surface area contributed by atoms with Crippen molar-refractivity contribution in [2.75, 3.05) is 14.2 Å². The van der Waals surface area contributed by atoms with Crippen LogP contribution in [0.1, 0.15) is 17.0 Å². The number of carbonyl (C=O) groups is 2. The molecule has 0 N–H and O–H groups in total. The van der Waals surface area contributed by atoms with Gasteiger partial charge in [0, 0.05) is 12.6 Å². The smallest absolute Gasteiger partial charge is 0.315 e. The van der Waals surface area contributed by atoms with Crippen LogP contribution >= 0.6 is 11.3 Å². The summed E-state index contributed by atoms with van der Waals surface area (Å²) >= 11 is 1.35. The second kappa shape index (κ2) is 7.35. The fraction of sp³-hybridized carbons (Fsp3) is 0.235. The standard InChI is InChI=1S/C17H16N2O5S/c1-22-11-5-6-14-12(10-11)19(8-7-15(20)23-2)17(25-14)18-16(21)13-4-3-9-24-13/h3-6,9-10H,7-8H2,1-2H3. The van der Waals surface area contributed by atoms with Gasteiger partial charge in [0.15, 0.2) is 10.6 Å². The van der Waals surface area contributed by atoms with Crippen LogP contribution in [-0.4, -0.2) is 30.7 Å². The van der Waals surface area contributed by atoms with E-state index in [9.17, 15) is 9.59 Å². The van der Waals surface area contributed by atoms with Crippen molar-refractivity contribution in [3.63, 3.8) is 0 Å². The van der Waals surface area contributed by atoms with E-state index in [1.165, 1.54) is 24.7 Å². The lowest BCUT2D eigenvalue weighted by Gasteiger charge is -2.05. The summed E-state index contributed by atoms with van der Waals surface area (Å²) < 4.78 is 17.8. The molecule has 7 nitrogen and oxygen atoms in total. The maximum Gasteiger partial charge on any atom is 0.315 e. The summed E-state index contributed by atoms with van der Waals surface area (Å²) in [6.45, 7) is 0.337. The molecule has 3 aromatic rings. The number of methoxy groups -OCH3 is 2. The van der Waals surface area contributed by atoms with Gasteiger partial charge in [0.2, 0.25) is 0 Å². The number of thiazole rings is 1. The van der Waals surface area contributed by atoms with Crippen molar-refractivity contribution in [2.24, 2.45) is 4.99 Å². The first kappa shape index (κ1) is 17.0.